The van der Waals surface area contributed by atoms with Crippen LogP contribution in [0.4, 0.5) is 0 Å². The standard InChI is InChI=1S/C57H39N3O/c1-56(2)45-20-8-9-21-46(45)57(47-22-10-12-25-50(47)61-51-26-13-11-23-48(51)57)49-24-14-19-44(52(49)56)37-27-30-39(31-28-37)54-58-53(38-16-4-3-5-17-38)59-55(60-54)41-33-34-43-40(35-41)32-29-36-15-6-7-18-42(36)43/h3-35H,1-2H3. The van der Waals surface area contributed by atoms with Crippen LogP contribution in [-0.4, -0.2) is 15.0 Å². The highest BCUT2D eigenvalue weighted by Gasteiger charge is 2.53. The maximum absolute atomic E-state index is 6.65. The maximum Gasteiger partial charge on any atom is 0.164 e. The Labute approximate surface area is 354 Å². The summed E-state index contributed by atoms with van der Waals surface area (Å²) in [4.78, 5) is 15.3. The first-order chi connectivity index (χ1) is 30.0. The van der Waals surface area contributed by atoms with Crippen molar-refractivity contribution in [3.05, 3.63) is 234 Å². The molecule has 61 heavy (non-hydrogen) atoms. The van der Waals surface area contributed by atoms with Crippen molar-refractivity contribution < 1.29 is 4.74 Å². The molecule has 0 saturated heterocycles. The summed E-state index contributed by atoms with van der Waals surface area (Å²) in [6.07, 6.45) is 0. The molecular formula is C57H39N3O. The summed E-state index contributed by atoms with van der Waals surface area (Å²) < 4.78 is 6.65. The lowest BCUT2D eigenvalue weighted by Crippen LogP contribution is -2.43. The molecule has 0 radical (unpaired) electrons. The van der Waals surface area contributed by atoms with Gasteiger partial charge < -0.3 is 4.74 Å². The molecule has 9 aromatic carbocycles. The highest BCUT2D eigenvalue weighted by atomic mass is 16.5. The van der Waals surface area contributed by atoms with Gasteiger partial charge in [0.15, 0.2) is 17.5 Å². The smallest absolute Gasteiger partial charge is 0.164 e. The molecule has 0 amide bonds. The van der Waals surface area contributed by atoms with Crippen molar-refractivity contribution in [2.24, 2.45) is 0 Å². The zero-order chi connectivity index (χ0) is 40.7. The zero-order valence-electron chi connectivity index (χ0n) is 33.8. The third-order valence-corrected chi connectivity index (χ3v) is 13.0. The van der Waals surface area contributed by atoms with Gasteiger partial charge in [-0.05, 0) is 73.1 Å². The van der Waals surface area contributed by atoms with Gasteiger partial charge in [0, 0.05) is 33.2 Å². The summed E-state index contributed by atoms with van der Waals surface area (Å²) in [6, 6.07) is 71.3. The zero-order valence-corrected chi connectivity index (χ0v) is 33.8. The summed E-state index contributed by atoms with van der Waals surface area (Å²) in [5, 5.41) is 4.82. The van der Waals surface area contributed by atoms with Gasteiger partial charge in [0.2, 0.25) is 0 Å². The van der Waals surface area contributed by atoms with Crippen molar-refractivity contribution in [3.63, 3.8) is 0 Å². The predicted octanol–water partition coefficient (Wildman–Crippen LogP) is 14.0. The molecule has 1 aromatic heterocycles. The Morgan fingerprint density at radius 3 is 1.59 bits per heavy atom. The van der Waals surface area contributed by atoms with Crippen LogP contribution in [0.15, 0.2) is 200 Å². The van der Waals surface area contributed by atoms with Crippen LogP contribution >= 0.6 is 0 Å². The minimum atomic E-state index is -0.576. The predicted molar refractivity (Wildman–Crippen MR) is 247 cm³/mol. The second-order valence-corrected chi connectivity index (χ2v) is 16.7. The highest BCUT2D eigenvalue weighted by molar-refractivity contribution is 6.08. The SMILES string of the molecule is CC1(C)c2ccccc2C2(c3ccccc3Oc3ccccc32)c2cccc(-c3ccc(-c4nc(-c5ccccc5)nc(-c5ccc6c(ccc7ccccc76)c5)n4)cc3)c21. The van der Waals surface area contributed by atoms with Gasteiger partial charge in [0.1, 0.15) is 11.5 Å². The van der Waals surface area contributed by atoms with Crippen LogP contribution in [0.3, 0.4) is 0 Å². The van der Waals surface area contributed by atoms with Crippen molar-refractivity contribution in [2.45, 2.75) is 24.7 Å². The van der Waals surface area contributed by atoms with Crippen molar-refractivity contribution in [3.8, 4) is 56.8 Å². The Hall–Kier alpha value is -7.69. The fourth-order valence-corrected chi connectivity index (χ4v) is 10.3. The van der Waals surface area contributed by atoms with E-state index in [2.05, 4.69) is 196 Å². The van der Waals surface area contributed by atoms with Gasteiger partial charge in [-0.15, -0.1) is 0 Å². The van der Waals surface area contributed by atoms with Gasteiger partial charge in [-0.25, -0.2) is 15.0 Å². The number of para-hydroxylation sites is 2. The average molecular weight is 782 g/mol. The van der Waals surface area contributed by atoms with Crippen LogP contribution in [0.25, 0.3) is 66.8 Å². The molecule has 2 aliphatic rings. The number of ether oxygens (including phenoxy) is 1. The summed E-state index contributed by atoms with van der Waals surface area (Å²) in [6.45, 7) is 4.75. The molecule has 0 N–H and O–H groups in total. The monoisotopic (exact) mass is 781 g/mol. The lowest BCUT2D eigenvalue weighted by molar-refractivity contribution is 0.425. The topological polar surface area (TPSA) is 47.9 Å². The van der Waals surface area contributed by atoms with E-state index in [0.29, 0.717) is 17.5 Å². The Bertz CT molecular complexity index is 3320. The van der Waals surface area contributed by atoms with Crippen molar-refractivity contribution in [2.75, 3.05) is 0 Å². The molecule has 0 unspecified atom stereocenters. The van der Waals surface area contributed by atoms with Crippen molar-refractivity contribution in [1.29, 1.82) is 0 Å². The molecule has 288 valence electrons. The van der Waals surface area contributed by atoms with Gasteiger partial charge in [-0.1, -0.05) is 196 Å². The van der Waals surface area contributed by atoms with Gasteiger partial charge in [0.05, 0.1) is 5.41 Å². The average Bonchev–Trinajstić information content (AvgIpc) is 3.32. The van der Waals surface area contributed by atoms with Crippen LogP contribution in [0.1, 0.15) is 47.2 Å². The van der Waals surface area contributed by atoms with Crippen molar-refractivity contribution in [1.82, 2.24) is 15.0 Å². The number of hydrogen-bond acceptors (Lipinski definition) is 4. The molecule has 10 aromatic rings. The lowest BCUT2D eigenvalue weighted by atomic mass is 9.53. The Balaban J connectivity index is 1.02. The van der Waals surface area contributed by atoms with E-state index in [1.54, 1.807) is 0 Å². The third kappa shape index (κ3) is 5.28. The number of rotatable bonds is 4. The quantitative estimate of drug-likeness (QED) is 0.167. The number of benzene rings is 9. The van der Waals surface area contributed by atoms with Gasteiger partial charge in [-0.3, -0.25) is 0 Å². The molecule has 0 saturated carbocycles. The van der Waals surface area contributed by atoms with Crippen LogP contribution in [0.5, 0.6) is 11.5 Å². The largest absolute Gasteiger partial charge is 0.457 e. The third-order valence-electron chi connectivity index (χ3n) is 13.0. The van der Waals surface area contributed by atoms with Crippen molar-refractivity contribution >= 4 is 21.5 Å². The maximum atomic E-state index is 6.65. The molecule has 0 atom stereocenters. The number of hydrogen-bond donors (Lipinski definition) is 0. The van der Waals surface area contributed by atoms with E-state index in [1.165, 1.54) is 44.0 Å². The van der Waals surface area contributed by atoms with E-state index in [-0.39, 0.29) is 5.41 Å². The van der Waals surface area contributed by atoms with Gasteiger partial charge in [-0.2, -0.15) is 0 Å². The molecule has 0 fully saturated rings. The van der Waals surface area contributed by atoms with Gasteiger partial charge >= 0.3 is 0 Å². The second-order valence-electron chi connectivity index (χ2n) is 16.7. The molecule has 4 heteroatoms. The molecule has 0 bridgehead atoms. The molecule has 12 rings (SSSR count). The molecule has 1 aliphatic heterocycles. The summed E-state index contributed by atoms with van der Waals surface area (Å²) in [7, 11) is 0. The Morgan fingerprint density at radius 1 is 0.361 bits per heavy atom. The highest BCUT2D eigenvalue weighted by Crippen LogP contribution is 2.62. The molecule has 2 heterocycles. The molecule has 1 spiro atoms. The van der Waals surface area contributed by atoms with Crippen LogP contribution in [-0.2, 0) is 10.8 Å². The van der Waals surface area contributed by atoms with Crippen LogP contribution in [0, 0.1) is 0 Å². The van der Waals surface area contributed by atoms with Crippen LogP contribution in [0.2, 0.25) is 0 Å². The summed E-state index contributed by atoms with van der Waals surface area (Å²) in [5.41, 5.74) is 11.8. The molecular weight excluding hydrogens is 743 g/mol. The van der Waals surface area contributed by atoms with E-state index >= 15 is 0 Å². The van der Waals surface area contributed by atoms with Gasteiger partial charge in [0.25, 0.3) is 0 Å². The van der Waals surface area contributed by atoms with E-state index in [0.717, 1.165) is 50.3 Å². The van der Waals surface area contributed by atoms with E-state index in [9.17, 15) is 0 Å². The number of fused-ring (bicyclic) bond motifs is 11. The second kappa shape index (κ2) is 13.4. The summed E-state index contributed by atoms with van der Waals surface area (Å²) >= 11 is 0. The lowest BCUT2D eigenvalue weighted by Gasteiger charge is -2.50. The fourth-order valence-electron chi connectivity index (χ4n) is 10.3. The minimum absolute atomic E-state index is 0.311. The first-order valence-electron chi connectivity index (χ1n) is 20.9. The van der Waals surface area contributed by atoms with E-state index in [4.69, 9.17) is 19.7 Å². The number of aromatic nitrogens is 3. The van der Waals surface area contributed by atoms with E-state index < -0.39 is 5.41 Å². The molecule has 1 aliphatic carbocycles. The minimum Gasteiger partial charge on any atom is -0.457 e. The Morgan fingerprint density at radius 2 is 0.869 bits per heavy atom. The molecule has 4 nitrogen and oxygen atoms in total. The van der Waals surface area contributed by atoms with E-state index in [1.807, 2.05) is 18.2 Å². The first-order valence-corrected chi connectivity index (χ1v) is 20.9. The van der Waals surface area contributed by atoms with Crippen LogP contribution < -0.4 is 4.74 Å². The Kier molecular flexibility index (Phi) is 7.76. The summed E-state index contributed by atoms with van der Waals surface area (Å²) in [5.74, 6) is 3.69. The first kappa shape index (κ1) is 35.3. The number of nitrogens with zero attached hydrogens (tertiary/aromatic N) is 3. The normalized spacial score (nSPS) is 14.1. The fraction of sp³-hybridized carbons (Fsp3) is 0.0702.